The fourth-order valence-electron chi connectivity index (χ4n) is 4.52. The van der Waals surface area contributed by atoms with Gasteiger partial charge in [-0.1, -0.05) is 64.4 Å². The molecule has 0 bridgehead atoms. The van der Waals surface area contributed by atoms with Crippen LogP contribution in [0.15, 0.2) is 24.3 Å². The standard InChI is InChI=1S/C20H28O/c1-14(2)15-6-8-17-16(12-15)7-9-18-19(3,13-21)10-5-11-20(17,18)4/h6-9,12,14,18,21H,5,10-11,13H2,1-4H3/t18?,19-,20+/m0/s1/i9D. The molecule has 21 heavy (non-hydrogen) atoms. The smallest absolute Gasteiger partial charge is 0.0580 e. The van der Waals surface area contributed by atoms with E-state index in [0.29, 0.717) is 12.0 Å². The molecule has 1 fully saturated rings. The highest BCUT2D eigenvalue weighted by molar-refractivity contribution is 5.62. The maximum absolute atomic E-state index is 9.98. The minimum Gasteiger partial charge on any atom is -0.396 e. The molecule has 0 amide bonds. The first-order chi connectivity index (χ1) is 10.3. The van der Waals surface area contributed by atoms with Gasteiger partial charge in [0.1, 0.15) is 0 Å². The van der Waals surface area contributed by atoms with Gasteiger partial charge in [-0.15, -0.1) is 0 Å². The molecule has 0 radical (unpaired) electrons. The van der Waals surface area contributed by atoms with Crippen molar-refractivity contribution >= 4 is 6.08 Å². The van der Waals surface area contributed by atoms with Gasteiger partial charge in [0.15, 0.2) is 0 Å². The first-order valence-corrected chi connectivity index (χ1v) is 8.25. The van der Waals surface area contributed by atoms with Gasteiger partial charge in [0, 0.05) is 6.61 Å². The molecule has 0 saturated heterocycles. The topological polar surface area (TPSA) is 20.2 Å². The minimum atomic E-state index is -0.172. The molecule has 0 heterocycles. The van der Waals surface area contributed by atoms with Gasteiger partial charge in [0.05, 0.1) is 1.37 Å². The molecule has 2 aliphatic carbocycles. The fraction of sp³-hybridized carbons (Fsp3) is 0.600. The molecule has 3 atom stereocenters. The third kappa shape index (κ3) is 2.17. The summed E-state index contributed by atoms with van der Waals surface area (Å²) in [6.45, 7) is 9.06. The summed E-state index contributed by atoms with van der Waals surface area (Å²) in [5.41, 5.74) is 3.74. The largest absolute Gasteiger partial charge is 0.396 e. The zero-order valence-electron chi connectivity index (χ0n) is 14.7. The number of benzene rings is 1. The lowest BCUT2D eigenvalue weighted by Gasteiger charge is -2.53. The van der Waals surface area contributed by atoms with E-state index < -0.39 is 0 Å². The van der Waals surface area contributed by atoms with Crippen molar-refractivity contribution in [1.29, 1.82) is 0 Å². The molecule has 1 nitrogen and oxygen atoms in total. The van der Waals surface area contributed by atoms with Crippen molar-refractivity contribution in [2.45, 2.75) is 58.3 Å². The minimum absolute atomic E-state index is 0.0214. The second kappa shape index (κ2) is 4.98. The lowest BCUT2D eigenvalue weighted by atomic mass is 9.52. The summed E-state index contributed by atoms with van der Waals surface area (Å²) in [6.07, 6.45) is 5.30. The molecule has 114 valence electrons. The molecule has 1 N–H and O–H groups in total. The van der Waals surface area contributed by atoms with E-state index in [9.17, 15) is 5.11 Å². The number of hydrogen-bond acceptors (Lipinski definition) is 1. The Morgan fingerprint density at radius 3 is 2.76 bits per heavy atom. The Bertz CT molecular complexity index is 618. The van der Waals surface area contributed by atoms with Crippen LogP contribution in [0.2, 0.25) is 0 Å². The molecule has 0 aliphatic heterocycles. The SMILES string of the molecule is [2H]C1=Cc2cc(C(C)C)ccc2[C@@]2(C)CCC[C@@](C)(CO)C12. The summed E-state index contributed by atoms with van der Waals surface area (Å²) in [4.78, 5) is 0. The van der Waals surface area contributed by atoms with Crippen LogP contribution in [-0.4, -0.2) is 11.7 Å². The van der Waals surface area contributed by atoms with Crippen LogP contribution in [0.25, 0.3) is 6.08 Å². The molecule has 0 spiro atoms. The maximum Gasteiger partial charge on any atom is 0.0580 e. The van der Waals surface area contributed by atoms with Crippen LogP contribution >= 0.6 is 0 Å². The lowest BCUT2D eigenvalue weighted by Crippen LogP contribution is -2.48. The highest BCUT2D eigenvalue weighted by Crippen LogP contribution is 2.55. The molecule has 3 rings (SSSR count). The Hall–Kier alpha value is -1.08. The molecule has 1 saturated carbocycles. The van der Waals surface area contributed by atoms with E-state index in [0.717, 1.165) is 19.3 Å². The third-order valence-electron chi connectivity index (χ3n) is 5.90. The van der Waals surface area contributed by atoms with Crippen LogP contribution in [0.3, 0.4) is 0 Å². The summed E-state index contributed by atoms with van der Waals surface area (Å²) < 4.78 is 8.64. The van der Waals surface area contributed by atoms with E-state index in [1.165, 1.54) is 16.7 Å². The van der Waals surface area contributed by atoms with Gasteiger partial charge >= 0.3 is 0 Å². The van der Waals surface area contributed by atoms with Crippen molar-refractivity contribution in [2.24, 2.45) is 11.3 Å². The zero-order chi connectivity index (χ0) is 16.1. The Labute approximate surface area is 130 Å². The van der Waals surface area contributed by atoms with Gasteiger partial charge < -0.3 is 5.11 Å². The highest BCUT2D eigenvalue weighted by Gasteiger charge is 2.49. The molecule has 0 aromatic heterocycles. The van der Waals surface area contributed by atoms with Crippen molar-refractivity contribution in [3.63, 3.8) is 0 Å². The van der Waals surface area contributed by atoms with Crippen LogP contribution in [0.5, 0.6) is 0 Å². The van der Waals surface area contributed by atoms with E-state index in [1.54, 1.807) is 0 Å². The van der Waals surface area contributed by atoms with E-state index in [4.69, 9.17) is 1.37 Å². The normalized spacial score (nSPS) is 35.8. The summed E-state index contributed by atoms with van der Waals surface area (Å²) in [7, 11) is 0. The third-order valence-corrected chi connectivity index (χ3v) is 5.90. The molecule has 1 unspecified atom stereocenters. The van der Waals surface area contributed by atoms with E-state index in [2.05, 4.69) is 45.9 Å². The van der Waals surface area contributed by atoms with Crippen molar-refractivity contribution in [1.82, 2.24) is 0 Å². The monoisotopic (exact) mass is 285 g/mol. The zero-order valence-corrected chi connectivity index (χ0v) is 13.7. The molecule has 1 aromatic rings. The molecular formula is C20H28O. The number of hydrogen-bond donors (Lipinski definition) is 1. The van der Waals surface area contributed by atoms with Crippen molar-refractivity contribution in [3.05, 3.63) is 40.9 Å². The number of fused-ring (bicyclic) bond motifs is 3. The number of aliphatic hydroxyl groups excluding tert-OH is 1. The first-order valence-electron chi connectivity index (χ1n) is 8.75. The Kier molecular flexibility index (Phi) is 3.22. The number of rotatable bonds is 2. The second-order valence-corrected chi connectivity index (χ2v) is 7.83. The van der Waals surface area contributed by atoms with Crippen LogP contribution in [0.4, 0.5) is 0 Å². The predicted molar refractivity (Wildman–Crippen MR) is 89.5 cm³/mol. The summed E-state index contributed by atoms with van der Waals surface area (Å²) in [5, 5.41) is 9.98. The fourth-order valence-corrected chi connectivity index (χ4v) is 4.52. The lowest BCUT2D eigenvalue weighted by molar-refractivity contribution is 0.0171. The first kappa shape index (κ1) is 13.6. The molecule has 1 heteroatoms. The molecule has 2 aliphatic rings. The quantitative estimate of drug-likeness (QED) is 0.820. The summed E-state index contributed by atoms with van der Waals surface area (Å²) in [6, 6.07) is 7.50. The van der Waals surface area contributed by atoms with Gasteiger partial charge in [-0.3, -0.25) is 0 Å². The van der Waals surface area contributed by atoms with Gasteiger partial charge in [0.2, 0.25) is 0 Å². The average Bonchev–Trinajstić information content (AvgIpc) is 2.46. The van der Waals surface area contributed by atoms with E-state index in [-0.39, 0.29) is 23.4 Å². The van der Waals surface area contributed by atoms with Crippen molar-refractivity contribution < 1.29 is 6.48 Å². The number of allylic oxidation sites excluding steroid dienone is 1. The second-order valence-electron chi connectivity index (χ2n) is 7.83. The average molecular weight is 285 g/mol. The van der Waals surface area contributed by atoms with Gasteiger partial charge in [-0.05, 0) is 52.2 Å². The van der Waals surface area contributed by atoms with Gasteiger partial charge in [-0.25, -0.2) is 0 Å². The Morgan fingerprint density at radius 2 is 2.10 bits per heavy atom. The van der Waals surface area contributed by atoms with Gasteiger partial charge in [-0.2, -0.15) is 0 Å². The number of aliphatic hydroxyl groups is 1. The summed E-state index contributed by atoms with van der Waals surface area (Å²) >= 11 is 0. The maximum atomic E-state index is 9.98. The van der Waals surface area contributed by atoms with Gasteiger partial charge in [0.25, 0.3) is 0 Å². The van der Waals surface area contributed by atoms with Crippen LogP contribution < -0.4 is 0 Å². The van der Waals surface area contributed by atoms with E-state index in [1.807, 2.05) is 6.08 Å². The summed E-state index contributed by atoms with van der Waals surface area (Å²) in [5.74, 6) is 0.628. The van der Waals surface area contributed by atoms with Crippen molar-refractivity contribution in [2.75, 3.05) is 6.61 Å². The molecule has 1 aromatic carbocycles. The Balaban J connectivity index is 2.17. The van der Waals surface area contributed by atoms with Crippen LogP contribution in [0, 0.1) is 11.3 Å². The van der Waals surface area contributed by atoms with Crippen LogP contribution in [-0.2, 0) is 5.41 Å². The van der Waals surface area contributed by atoms with Crippen molar-refractivity contribution in [3.8, 4) is 0 Å². The molecular weight excluding hydrogens is 256 g/mol. The predicted octanol–water partition coefficient (Wildman–Crippen LogP) is 4.89. The van der Waals surface area contributed by atoms with Crippen LogP contribution in [0.1, 0.15) is 70.9 Å². The Morgan fingerprint density at radius 1 is 1.33 bits per heavy atom. The van der Waals surface area contributed by atoms with E-state index >= 15 is 0 Å². The highest BCUT2D eigenvalue weighted by atomic mass is 16.3.